The number of hydrogen-bond acceptors (Lipinski definition) is 5. The minimum atomic E-state index is -4.14. The SMILES string of the molecule is CCCNC(=O)c1ccccc1-c1ccc(Cn2c(CCC)nc(C)c2C(=O)S)cc1S(N)(=O)=O. The predicted molar refractivity (Wildman–Crippen MR) is 139 cm³/mol. The number of thiol groups is 1. The lowest BCUT2D eigenvalue weighted by Gasteiger charge is -2.16. The number of amides is 1. The molecule has 0 atom stereocenters. The largest absolute Gasteiger partial charge is 0.352 e. The van der Waals surface area contributed by atoms with Gasteiger partial charge in [-0.1, -0.05) is 56.8 Å². The van der Waals surface area contributed by atoms with Crippen LogP contribution in [0.2, 0.25) is 0 Å². The highest BCUT2D eigenvalue weighted by atomic mass is 32.2. The first-order valence-electron chi connectivity index (χ1n) is 11.4. The summed E-state index contributed by atoms with van der Waals surface area (Å²) in [5.41, 5.74) is 2.72. The van der Waals surface area contributed by atoms with Crippen LogP contribution in [-0.4, -0.2) is 35.5 Å². The molecule has 0 aliphatic rings. The molecule has 8 nitrogen and oxygen atoms in total. The van der Waals surface area contributed by atoms with Crippen molar-refractivity contribution in [2.75, 3.05) is 6.54 Å². The molecule has 0 aliphatic heterocycles. The van der Waals surface area contributed by atoms with Crippen LogP contribution in [0.4, 0.5) is 0 Å². The van der Waals surface area contributed by atoms with Gasteiger partial charge in [0.25, 0.3) is 5.91 Å². The highest BCUT2D eigenvalue weighted by Gasteiger charge is 2.22. The second kappa shape index (κ2) is 11.2. The van der Waals surface area contributed by atoms with Crippen molar-refractivity contribution in [3.63, 3.8) is 0 Å². The fraction of sp³-hybridized carbons (Fsp3) is 0.320. The van der Waals surface area contributed by atoms with E-state index in [-0.39, 0.29) is 17.3 Å². The van der Waals surface area contributed by atoms with Crippen molar-refractivity contribution in [1.29, 1.82) is 0 Å². The number of hydrogen-bond donors (Lipinski definition) is 3. The monoisotopic (exact) mass is 514 g/mol. The average Bonchev–Trinajstić information content (AvgIpc) is 3.11. The fourth-order valence-electron chi connectivity index (χ4n) is 4.04. The number of aryl methyl sites for hydroxylation is 2. The van der Waals surface area contributed by atoms with E-state index in [1.165, 1.54) is 6.07 Å². The van der Waals surface area contributed by atoms with Gasteiger partial charge in [-0.3, -0.25) is 9.59 Å². The second-order valence-electron chi connectivity index (χ2n) is 8.28. The molecule has 0 saturated carbocycles. The average molecular weight is 515 g/mol. The molecule has 1 aromatic heterocycles. The molecule has 1 heterocycles. The van der Waals surface area contributed by atoms with E-state index in [4.69, 9.17) is 5.14 Å². The number of primary sulfonamides is 1. The maximum absolute atomic E-state index is 12.7. The third-order valence-electron chi connectivity index (χ3n) is 5.59. The highest BCUT2D eigenvalue weighted by Crippen LogP contribution is 2.31. The molecule has 0 unspecified atom stereocenters. The number of carbonyl (C=O) groups excluding carboxylic acids is 2. The Hall–Kier alpha value is -2.95. The Labute approximate surface area is 211 Å². The van der Waals surface area contributed by atoms with Crippen molar-refractivity contribution in [2.24, 2.45) is 5.14 Å². The first kappa shape index (κ1) is 26.7. The number of aromatic nitrogens is 2. The molecule has 0 bridgehead atoms. The molecule has 1 amide bonds. The van der Waals surface area contributed by atoms with Crippen molar-refractivity contribution in [3.8, 4) is 11.1 Å². The molecule has 10 heteroatoms. The number of nitrogens with zero attached hydrogens (tertiary/aromatic N) is 2. The molecule has 35 heavy (non-hydrogen) atoms. The van der Waals surface area contributed by atoms with Gasteiger partial charge in [0.05, 0.1) is 10.6 Å². The Bertz CT molecular complexity index is 1360. The van der Waals surface area contributed by atoms with Crippen molar-refractivity contribution in [2.45, 2.75) is 51.5 Å². The van der Waals surface area contributed by atoms with E-state index in [0.29, 0.717) is 46.6 Å². The number of imidazole rings is 1. The zero-order valence-corrected chi connectivity index (χ0v) is 21.7. The fourth-order valence-corrected chi connectivity index (χ4v) is 5.12. The van der Waals surface area contributed by atoms with Gasteiger partial charge in [-0.2, -0.15) is 0 Å². The summed E-state index contributed by atoms with van der Waals surface area (Å²) in [6.45, 7) is 6.44. The van der Waals surface area contributed by atoms with E-state index in [2.05, 4.69) is 22.9 Å². The number of nitrogens with two attached hydrogens (primary N) is 1. The molecule has 3 aromatic rings. The highest BCUT2D eigenvalue weighted by molar-refractivity contribution is 7.97. The molecule has 186 valence electrons. The van der Waals surface area contributed by atoms with E-state index in [1.807, 2.05) is 13.8 Å². The van der Waals surface area contributed by atoms with Gasteiger partial charge in [0.2, 0.25) is 15.1 Å². The molecule has 0 fully saturated rings. The summed E-state index contributed by atoms with van der Waals surface area (Å²) < 4.78 is 27.0. The van der Waals surface area contributed by atoms with Crippen LogP contribution in [0.3, 0.4) is 0 Å². The van der Waals surface area contributed by atoms with Gasteiger partial charge >= 0.3 is 0 Å². The Morgan fingerprint density at radius 1 is 1.09 bits per heavy atom. The van der Waals surface area contributed by atoms with Gasteiger partial charge in [-0.15, -0.1) is 0 Å². The second-order valence-corrected chi connectivity index (χ2v) is 10.2. The summed E-state index contributed by atoms with van der Waals surface area (Å²) in [6, 6.07) is 11.7. The molecule has 0 aliphatic carbocycles. The van der Waals surface area contributed by atoms with Crippen molar-refractivity contribution in [1.82, 2.24) is 14.9 Å². The van der Waals surface area contributed by atoms with Crippen molar-refractivity contribution >= 4 is 33.7 Å². The Morgan fingerprint density at radius 2 is 1.80 bits per heavy atom. The number of nitrogens with one attached hydrogen (secondary N) is 1. The number of sulfonamides is 1. The van der Waals surface area contributed by atoms with Crippen LogP contribution in [0, 0.1) is 6.92 Å². The number of rotatable bonds is 10. The van der Waals surface area contributed by atoms with Gasteiger partial charge in [0.15, 0.2) is 0 Å². The van der Waals surface area contributed by atoms with E-state index >= 15 is 0 Å². The standard InChI is InChI=1S/C25H30N4O4S2/c1-4-8-22-28-16(3)23(25(31)34)29(22)15-17-11-12-19(21(14-17)35(26,32)33)18-9-6-7-10-20(18)24(30)27-13-5-2/h6-7,9-12,14H,4-5,8,13,15H2,1-3H3,(H,27,30)(H,31,34)(H2,26,32,33). The number of benzene rings is 2. The van der Waals surface area contributed by atoms with E-state index in [0.717, 1.165) is 18.7 Å². The predicted octanol–water partition coefficient (Wildman–Crippen LogP) is 3.72. The molecule has 0 radical (unpaired) electrons. The summed E-state index contributed by atoms with van der Waals surface area (Å²) in [7, 11) is -4.14. The van der Waals surface area contributed by atoms with Gasteiger partial charge in [0.1, 0.15) is 11.5 Å². The molecule has 3 N–H and O–H groups in total. The summed E-state index contributed by atoms with van der Waals surface area (Å²) in [6.07, 6.45) is 2.26. The van der Waals surface area contributed by atoms with Crippen molar-refractivity contribution < 1.29 is 18.0 Å². The summed E-state index contributed by atoms with van der Waals surface area (Å²) in [4.78, 5) is 29.3. The van der Waals surface area contributed by atoms with Crippen molar-refractivity contribution in [3.05, 3.63) is 70.8 Å². The third-order valence-corrected chi connectivity index (χ3v) is 6.75. The zero-order chi connectivity index (χ0) is 25.8. The van der Waals surface area contributed by atoms with Crippen LogP contribution in [0.15, 0.2) is 47.4 Å². The zero-order valence-electron chi connectivity index (χ0n) is 20.0. The lowest BCUT2D eigenvalue weighted by Crippen LogP contribution is -2.24. The topological polar surface area (TPSA) is 124 Å². The molecule has 0 saturated heterocycles. The molecule has 0 spiro atoms. The van der Waals surface area contributed by atoms with Gasteiger partial charge in [0, 0.05) is 30.6 Å². The Morgan fingerprint density at radius 3 is 2.43 bits per heavy atom. The van der Waals surface area contributed by atoms with Gasteiger partial charge < -0.3 is 9.88 Å². The molecular weight excluding hydrogens is 484 g/mol. The van der Waals surface area contributed by atoms with Crippen LogP contribution in [0.5, 0.6) is 0 Å². The summed E-state index contributed by atoms with van der Waals surface area (Å²) in [5, 5.41) is 8.03. The first-order valence-corrected chi connectivity index (χ1v) is 13.4. The summed E-state index contributed by atoms with van der Waals surface area (Å²) in [5.74, 6) is 0.434. The normalized spacial score (nSPS) is 11.5. The molecule has 3 rings (SSSR count). The lowest BCUT2D eigenvalue weighted by molar-refractivity contribution is 0.0953. The maximum Gasteiger partial charge on any atom is 0.251 e. The van der Waals surface area contributed by atoms with Crippen LogP contribution >= 0.6 is 12.6 Å². The van der Waals surface area contributed by atoms with E-state index < -0.39 is 15.1 Å². The smallest absolute Gasteiger partial charge is 0.251 e. The Balaban J connectivity index is 2.13. The quantitative estimate of drug-likeness (QED) is 0.356. The van der Waals surface area contributed by atoms with E-state index in [1.54, 1.807) is 47.9 Å². The Kier molecular flexibility index (Phi) is 8.52. The van der Waals surface area contributed by atoms with Crippen LogP contribution < -0.4 is 10.5 Å². The van der Waals surface area contributed by atoms with Gasteiger partial charge in [-0.25, -0.2) is 18.5 Å². The van der Waals surface area contributed by atoms with Gasteiger partial charge in [-0.05, 0) is 43.0 Å². The number of carbonyl (C=O) groups is 2. The van der Waals surface area contributed by atoms with Crippen LogP contribution in [-0.2, 0) is 23.0 Å². The maximum atomic E-state index is 12.7. The van der Waals surface area contributed by atoms with E-state index in [9.17, 15) is 18.0 Å². The molecular formula is C25H30N4O4S2. The molecule has 2 aromatic carbocycles. The lowest BCUT2D eigenvalue weighted by atomic mass is 9.98. The van der Waals surface area contributed by atoms with Crippen LogP contribution in [0.1, 0.15) is 64.6 Å². The minimum absolute atomic E-state index is 0.0987. The summed E-state index contributed by atoms with van der Waals surface area (Å²) >= 11 is 4.01. The third kappa shape index (κ3) is 6.01. The minimum Gasteiger partial charge on any atom is -0.352 e. The first-order chi connectivity index (χ1) is 16.6. The van der Waals surface area contributed by atoms with Crippen LogP contribution in [0.25, 0.3) is 11.1 Å².